The average Bonchev–Trinajstić information content (AvgIpc) is 3.20. The lowest BCUT2D eigenvalue weighted by Crippen LogP contribution is -2.37. The predicted octanol–water partition coefficient (Wildman–Crippen LogP) is 5.82. The number of rotatable bonds is 6. The van der Waals surface area contributed by atoms with Crippen LogP contribution in [-0.2, 0) is 13.2 Å². The van der Waals surface area contributed by atoms with Gasteiger partial charge in [-0.1, -0.05) is 12.1 Å². The Kier molecular flexibility index (Phi) is 7.18. The van der Waals surface area contributed by atoms with Gasteiger partial charge in [-0.2, -0.15) is 5.26 Å². The zero-order valence-corrected chi connectivity index (χ0v) is 22.1. The molecule has 2 aliphatic heterocycles. The summed E-state index contributed by atoms with van der Waals surface area (Å²) in [6.45, 7) is 2.73. The fraction of sp³-hybridized carbons (Fsp3) is 0.355. The molecule has 1 fully saturated rings. The van der Waals surface area contributed by atoms with Gasteiger partial charge in [0.05, 0.1) is 34.3 Å². The number of nitriles is 1. The molecule has 1 atom stereocenters. The van der Waals surface area contributed by atoms with E-state index in [1.807, 2.05) is 24.3 Å². The first-order valence-electron chi connectivity index (χ1n) is 13.8. The fourth-order valence-corrected chi connectivity index (χ4v) is 5.98. The number of pyridine rings is 1. The Hall–Kier alpha value is -4.29. The van der Waals surface area contributed by atoms with Gasteiger partial charge in [0.2, 0.25) is 5.88 Å². The lowest BCUT2D eigenvalue weighted by molar-refractivity contribution is 0.0697. The maximum absolute atomic E-state index is 14.2. The third-order valence-corrected chi connectivity index (χ3v) is 8.12. The molecule has 0 aliphatic carbocycles. The van der Waals surface area contributed by atoms with Crippen LogP contribution in [0.1, 0.15) is 77.1 Å². The molecule has 4 heterocycles. The van der Waals surface area contributed by atoms with Crippen molar-refractivity contribution in [2.75, 3.05) is 13.1 Å². The van der Waals surface area contributed by atoms with Crippen molar-refractivity contribution >= 4 is 17.0 Å². The van der Waals surface area contributed by atoms with E-state index in [4.69, 9.17) is 20.0 Å². The molecule has 1 N–H and O–H groups in total. The maximum atomic E-state index is 14.2. The van der Waals surface area contributed by atoms with E-state index in [9.17, 15) is 14.3 Å². The molecule has 2 aromatic heterocycles. The number of likely N-dealkylation sites (tertiary alicyclic amines) is 1. The molecule has 6 rings (SSSR count). The van der Waals surface area contributed by atoms with Crippen molar-refractivity contribution in [2.24, 2.45) is 0 Å². The molecule has 1 saturated heterocycles. The lowest BCUT2D eigenvalue weighted by Gasteiger charge is -2.36. The van der Waals surface area contributed by atoms with E-state index in [0.717, 1.165) is 74.3 Å². The number of carboxylic acids is 1. The molecule has 0 unspecified atom stereocenters. The molecule has 0 bridgehead atoms. The normalized spacial score (nSPS) is 18.1. The molecule has 0 spiro atoms. The van der Waals surface area contributed by atoms with Gasteiger partial charge in [-0.3, -0.25) is 4.90 Å². The van der Waals surface area contributed by atoms with Crippen LogP contribution in [-0.4, -0.2) is 43.6 Å². The van der Waals surface area contributed by atoms with Crippen LogP contribution in [0.4, 0.5) is 4.39 Å². The number of carbonyl (C=O) groups is 1. The van der Waals surface area contributed by atoms with Crippen molar-refractivity contribution in [1.82, 2.24) is 19.4 Å². The van der Waals surface area contributed by atoms with Gasteiger partial charge >= 0.3 is 5.97 Å². The largest absolute Gasteiger partial charge is 0.478 e. The molecule has 204 valence electrons. The highest BCUT2D eigenvalue weighted by Gasteiger charge is 2.32. The van der Waals surface area contributed by atoms with Crippen LogP contribution in [0.25, 0.3) is 11.0 Å². The summed E-state index contributed by atoms with van der Waals surface area (Å²) in [6, 6.07) is 17.4. The number of carboxylic acid groups (broad SMARTS) is 1. The second kappa shape index (κ2) is 11.1. The highest BCUT2D eigenvalue weighted by Crippen LogP contribution is 2.37. The third kappa shape index (κ3) is 5.15. The van der Waals surface area contributed by atoms with Gasteiger partial charge in [0.1, 0.15) is 18.2 Å². The highest BCUT2D eigenvalue weighted by atomic mass is 19.1. The summed E-state index contributed by atoms with van der Waals surface area (Å²) in [5.74, 6) is 0.416. The summed E-state index contributed by atoms with van der Waals surface area (Å²) in [4.78, 5) is 23.8. The van der Waals surface area contributed by atoms with Gasteiger partial charge in [0, 0.05) is 29.8 Å². The van der Waals surface area contributed by atoms with E-state index in [-0.39, 0.29) is 23.8 Å². The zero-order chi connectivity index (χ0) is 27.6. The van der Waals surface area contributed by atoms with Crippen molar-refractivity contribution in [3.05, 3.63) is 88.6 Å². The van der Waals surface area contributed by atoms with Gasteiger partial charge in [0.25, 0.3) is 0 Å². The van der Waals surface area contributed by atoms with Crippen LogP contribution in [0, 0.1) is 17.1 Å². The van der Waals surface area contributed by atoms with Crippen molar-refractivity contribution < 1.29 is 19.0 Å². The number of benzene rings is 2. The van der Waals surface area contributed by atoms with E-state index in [0.29, 0.717) is 17.4 Å². The molecule has 2 aromatic carbocycles. The summed E-state index contributed by atoms with van der Waals surface area (Å²) >= 11 is 0. The van der Waals surface area contributed by atoms with Gasteiger partial charge in [0.15, 0.2) is 0 Å². The van der Waals surface area contributed by atoms with Gasteiger partial charge in [-0.05, 0) is 81.6 Å². The molecule has 2 aliphatic rings. The molecule has 40 heavy (non-hydrogen) atoms. The second-order valence-corrected chi connectivity index (χ2v) is 10.6. The van der Waals surface area contributed by atoms with Crippen molar-refractivity contribution in [3.8, 4) is 11.9 Å². The standard InChI is InChI=1S/C31H30FN5O3/c32-24-16-20(18-33)7-8-23(24)19-40-29-6-3-4-25(34-29)21-11-14-36(15-12-21)27-5-1-2-13-37-28-17-22(31(38)39)9-10-26(28)35-30(27)37/h3-4,6-10,16-17,21,27H,1-2,5,11-15,19H2,(H,38,39)/t27-/m0/s1. The fourth-order valence-electron chi connectivity index (χ4n) is 5.98. The van der Waals surface area contributed by atoms with E-state index in [1.54, 1.807) is 30.3 Å². The minimum absolute atomic E-state index is 0.0447. The predicted molar refractivity (Wildman–Crippen MR) is 147 cm³/mol. The molecular weight excluding hydrogens is 509 g/mol. The first-order chi connectivity index (χ1) is 19.5. The molecule has 0 saturated carbocycles. The maximum Gasteiger partial charge on any atom is 0.335 e. The van der Waals surface area contributed by atoms with E-state index in [2.05, 4.69) is 9.47 Å². The Balaban J connectivity index is 1.13. The summed E-state index contributed by atoms with van der Waals surface area (Å²) in [5, 5.41) is 18.4. The van der Waals surface area contributed by atoms with E-state index < -0.39 is 11.8 Å². The Bertz CT molecular complexity index is 1600. The monoisotopic (exact) mass is 539 g/mol. The quantitative estimate of drug-likeness (QED) is 0.329. The first kappa shape index (κ1) is 26.0. The number of aryl methyl sites for hydroxylation is 1. The number of hydrogen-bond acceptors (Lipinski definition) is 6. The number of nitrogens with zero attached hydrogens (tertiary/aromatic N) is 5. The topological polar surface area (TPSA) is 104 Å². The first-order valence-corrected chi connectivity index (χ1v) is 13.8. The Morgan fingerprint density at radius 3 is 2.67 bits per heavy atom. The molecule has 8 nitrogen and oxygen atoms in total. The van der Waals surface area contributed by atoms with Crippen molar-refractivity contribution in [1.29, 1.82) is 5.26 Å². The van der Waals surface area contributed by atoms with Crippen LogP contribution >= 0.6 is 0 Å². The lowest BCUT2D eigenvalue weighted by atomic mass is 9.91. The van der Waals surface area contributed by atoms with Gasteiger partial charge in [-0.25, -0.2) is 19.2 Å². The zero-order valence-electron chi connectivity index (χ0n) is 22.1. The summed E-state index contributed by atoms with van der Waals surface area (Å²) in [6.07, 6.45) is 5.11. The number of ether oxygens (including phenoxy) is 1. The minimum atomic E-state index is -0.922. The number of halogens is 1. The van der Waals surface area contributed by atoms with Crippen LogP contribution in [0.2, 0.25) is 0 Å². The molecule has 0 radical (unpaired) electrons. The van der Waals surface area contributed by atoms with Crippen molar-refractivity contribution in [3.63, 3.8) is 0 Å². The molecular formula is C31H30FN5O3. The van der Waals surface area contributed by atoms with Crippen molar-refractivity contribution in [2.45, 2.75) is 57.2 Å². The Labute approximate surface area is 231 Å². The molecule has 9 heteroatoms. The van der Waals surface area contributed by atoms with E-state index in [1.165, 1.54) is 6.07 Å². The summed E-state index contributed by atoms with van der Waals surface area (Å²) in [7, 11) is 0. The Morgan fingerprint density at radius 1 is 1.05 bits per heavy atom. The van der Waals surface area contributed by atoms with Gasteiger partial charge in [-0.15, -0.1) is 0 Å². The van der Waals surface area contributed by atoms with Gasteiger partial charge < -0.3 is 14.4 Å². The van der Waals surface area contributed by atoms with Crippen LogP contribution in [0.15, 0.2) is 54.6 Å². The summed E-state index contributed by atoms with van der Waals surface area (Å²) in [5.41, 5.74) is 3.68. The van der Waals surface area contributed by atoms with Crippen LogP contribution in [0.3, 0.4) is 0 Å². The number of aromatic carboxylic acids is 1. The number of piperidine rings is 1. The van der Waals surface area contributed by atoms with Crippen LogP contribution in [0.5, 0.6) is 5.88 Å². The second-order valence-electron chi connectivity index (χ2n) is 10.6. The number of imidazole rings is 1. The SMILES string of the molecule is N#Cc1ccc(COc2cccc(C3CCN([C@H]4CCCCn5c4nc4ccc(C(=O)O)cc45)CC3)n2)c(F)c1. The number of hydrogen-bond donors (Lipinski definition) is 1. The molecule has 0 amide bonds. The highest BCUT2D eigenvalue weighted by molar-refractivity contribution is 5.92. The third-order valence-electron chi connectivity index (χ3n) is 8.12. The average molecular weight is 540 g/mol. The summed E-state index contributed by atoms with van der Waals surface area (Å²) < 4.78 is 22.3. The number of aromatic nitrogens is 3. The number of fused-ring (bicyclic) bond motifs is 3. The molecule has 4 aromatic rings. The smallest absolute Gasteiger partial charge is 0.335 e. The minimum Gasteiger partial charge on any atom is -0.478 e. The van der Waals surface area contributed by atoms with Crippen LogP contribution < -0.4 is 4.74 Å². The van der Waals surface area contributed by atoms with E-state index >= 15 is 0 Å². The Morgan fingerprint density at radius 2 is 1.90 bits per heavy atom.